The van der Waals surface area contributed by atoms with E-state index in [9.17, 15) is 22.4 Å². The van der Waals surface area contributed by atoms with Crippen LogP contribution in [0.5, 0.6) is 5.75 Å². The molecule has 0 aliphatic heterocycles. The lowest BCUT2D eigenvalue weighted by molar-refractivity contribution is -0.163. The topological polar surface area (TPSA) is 38.3 Å². The predicted octanol–water partition coefficient (Wildman–Crippen LogP) is 3.30. The maximum absolute atomic E-state index is 12.7. The SMILES string of the molecule is COc1ccc(Br)c(NC(=O)C(F)(F)C(F)F)c1. The van der Waals surface area contributed by atoms with E-state index in [-0.39, 0.29) is 15.9 Å². The summed E-state index contributed by atoms with van der Waals surface area (Å²) in [6.45, 7) is 0. The molecule has 1 N–H and O–H groups in total. The molecule has 8 heteroatoms. The average Bonchev–Trinajstić information content (AvgIpc) is 2.31. The van der Waals surface area contributed by atoms with Crippen LogP contribution in [-0.2, 0) is 4.79 Å². The second-order valence-corrected chi connectivity index (χ2v) is 4.08. The molecule has 1 aromatic rings. The van der Waals surface area contributed by atoms with Crippen molar-refractivity contribution in [2.75, 3.05) is 12.4 Å². The molecule has 0 heterocycles. The molecule has 1 aromatic carbocycles. The lowest BCUT2D eigenvalue weighted by Gasteiger charge is -2.16. The summed E-state index contributed by atoms with van der Waals surface area (Å²) in [5.74, 6) is -6.54. The second kappa shape index (κ2) is 5.55. The van der Waals surface area contributed by atoms with Gasteiger partial charge in [-0.2, -0.15) is 8.78 Å². The van der Waals surface area contributed by atoms with Crippen molar-refractivity contribution < 1.29 is 27.1 Å². The Labute approximate surface area is 108 Å². The number of carbonyl (C=O) groups excluding carboxylic acids is 1. The van der Waals surface area contributed by atoms with Crippen LogP contribution in [0.1, 0.15) is 0 Å². The average molecular weight is 330 g/mol. The largest absolute Gasteiger partial charge is 0.497 e. The van der Waals surface area contributed by atoms with E-state index in [2.05, 4.69) is 15.9 Å². The van der Waals surface area contributed by atoms with Crippen LogP contribution >= 0.6 is 15.9 Å². The Kier molecular flexibility index (Phi) is 4.55. The third kappa shape index (κ3) is 3.12. The molecule has 3 nitrogen and oxygen atoms in total. The van der Waals surface area contributed by atoms with Gasteiger partial charge >= 0.3 is 18.3 Å². The number of carbonyl (C=O) groups is 1. The number of amides is 1. The zero-order valence-corrected chi connectivity index (χ0v) is 10.6. The predicted molar refractivity (Wildman–Crippen MR) is 60.3 cm³/mol. The minimum absolute atomic E-state index is 0.0836. The van der Waals surface area contributed by atoms with E-state index in [0.717, 1.165) is 0 Å². The molecule has 0 saturated heterocycles. The van der Waals surface area contributed by atoms with Gasteiger partial charge in [0.05, 0.1) is 12.8 Å². The third-order valence-electron chi connectivity index (χ3n) is 2.00. The van der Waals surface area contributed by atoms with E-state index in [4.69, 9.17) is 4.74 Å². The summed E-state index contributed by atoms with van der Waals surface area (Å²) in [5.41, 5.74) is -0.0836. The highest BCUT2D eigenvalue weighted by molar-refractivity contribution is 9.10. The van der Waals surface area contributed by atoms with Gasteiger partial charge in [-0.05, 0) is 28.1 Å². The zero-order valence-electron chi connectivity index (χ0n) is 9.02. The van der Waals surface area contributed by atoms with Gasteiger partial charge in [0.25, 0.3) is 0 Å². The van der Waals surface area contributed by atoms with Crippen LogP contribution in [0.15, 0.2) is 22.7 Å². The number of hydrogen-bond acceptors (Lipinski definition) is 2. The van der Waals surface area contributed by atoms with Gasteiger partial charge in [0.2, 0.25) is 0 Å². The minimum atomic E-state index is -4.75. The van der Waals surface area contributed by atoms with Gasteiger partial charge in [-0.1, -0.05) is 0 Å². The van der Waals surface area contributed by atoms with E-state index in [1.165, 1.54) is 25.3 Å². The number of alkyl halides is 4. The fourth-order valence-corrected chi connectivity index (χ4v) is 1.38. The second-order valence-electron chi connectivity index (χ2n) is 3.22. The fourth-order valence-electron chi connectivity index (χ4n) is 1.03. The quantitative estimate of drug-likeness (QED) is 0.861. The van der Waals surface area contributed by atoms with Crippen LogP contribution in [0, 0.1) is 0 Å². The molecule has 0 radical (unpaired) electrons. The summed E-state index contributed by atoms with van der Waals surface area (Å²) in [6.07, 6.45) is -4.07. The zero-order chi connectivity index (χ0) is 13.9. The minimum Gasteiger partial charge on any atom is -0.497 e. The van der Waals surface area contributed by atoms with Crippen LogP contribution in [0.4, 0.5) is 23.2 Å². The highest BCUT2D eigenvalue weighted by Gasteiger charge is 2.49. The van der Waals surface area contributed by atoms with Gasteiger partial charge in [-0.3, -0.25) is 4.79 Å². The number of ether oxygens (including phenoxy) is 1. The standard InChI is InChI=1S/C10H8BrF4NO2/c1-18-5-2-3-6(11)7(4-5)16-9(17)10(14,15)8(12)13/h2-4,8H,1H3,(H,16,17). The maximum Gasteiger partial charge on any atom is 0.383 e. The Morgan fingerprint density at radius 1 is 1.44 bits per heavy atom. The normalized spacial score (nSPS) is 11.5. The lowest BCUT2D eigenvalue weighted by Crippen LogP contribution is -2.41. The van der Waals surface area contributed by atoms with Crippen molar-refractivity contribution in [3.05, 3.63) is 22.7 Å². The Morgan fingerprint density at radius 3 is 2.56 bits per heavy atom. The first-order chi connectivity index (χ1) is 8.28. The number of rotatable bonds is 4. The summed E-state index contributed by atoms with van der Waals surface area (Å²) in [4.78, 5) is 11.0. The number of methoxy groups -OCH3 is 1. The van der Waals surface area contributed by atoms with Gasteiger partial charge in [0, 0.05) is 10.5 Å². The van der Waals surface area contributed by atoms with Crippen molar-refractivity contribution in [2.24, 2.45) is 0 Å². The van der Waals surface area contributed by atoms with E-state index < -0.39 is 18.3 Å². The van der Waals surface area contributed by atoms with Crippen molar-refractivity contribution in [1.82, 2.24) is 0 Å². The first kappa shape index (κ1) is 14.7. The lowest BCUT2D eigenvalue weighted by atomic mass is 10.2. The van der Waals surface area contributed by atoms with Crippen LogP contribution in [0.25, 0.3) is 0 Å². The van der Waals surface area contributed by atoms with Gasteiger partial charge < -0.3 is 10.1 Å². The number of hydrogen-bond donors (Lipinski definition) is 1. The van der Waals surface area contributed by atoms with E-state index >= 15 is 0 Å². The van der Waals surface area contributed by atoms with Crippen LogP contribution in [0.3, 0.4) is 0 Å². The monoisotopic (exact) mass is 329 g/mol. The summed E-state index contributed by atoms with van der Waals surface area (Å²) in [6, 6.07) is 4.16. The number of benzene rings is 1. The van der Waals surface area contributed by atoms with Gasteiger partial charge in [-0.15, -0.1) is 0 Å². The van der Waals surface area contributed by atoms with E-state index in [0.29, 0.717) is 0 Å². The third-order valence-corrected chi connectivity index (χ3v) is 2.69. The van der Waals surface area contributed by atoms with Gasteiger partial charge in [0.15, 0.2) is 0 Å². The molecule has 0 spiro atoms. The summed E-state index contributed by atoms with van der Waals surface area (Å²) in [7, 11) is 1.34. The molecule has 0 saturated carbocycles. The van der Waals surface area contributed by atoms with Crippen molar-refractivity contribution in [3.63, 3.8) is 0 Å². The Morgan fingerprint density at radius 2 is 2.06 bits per heavy atom. The summed E-state index contributed by atoms with van der Waals surface area (Å²) in [5, 5.41) is 1.71. The summed E-state index contributed by atoms with van der Waals surface area (Å²) >= 11 is 2.99. The molecule has 0 unspecified atom stereocenters. The molecule has 0 aromatic heterocycles. The Bertz CT molecular complexity index is 454. The molecule has 0 fully saturated rings. The molecular weight excluding hydrogens is 322 g/mol. The molecule has 0 bridgehead atoms. The Hall–Kier alpha value is -1.31. The number of halogens is 5. The van der Waals surface area contributed by atoms with Crippen LogP contribution in [-0.4, -0.2) is 25.4 Å². The molecule has 0 aliphatic carbocycles. The first-order valence-electron chi connectivity index (χ1n) is 4.60. The van der Waals surface area contributed by atoms with Crippen LogP contribution in [0.2, 0.25) is 0 Å². The van der Waals surface area contributed by atoms with Crippen molar-refractivity contribution >= 4 is 27.5 Å². The fraction of sp³-hybridized carbons (Fsp3) is 0.300. The van der Waals surface area contributed by atoms with Crippen LogP contribution < -0.4 is 10.1 Å². The van der Waals surface area contributed by atoms with Gasteiger partial charge in [-0.25, -0.2) is 8.78 Å². The number of nitrogens with one attached hydrogen (secondary N) is 1. The summed E-state index contributed by atoms with van der Waals surface area (Å²) < 4.78 is 54.5. The smallest absolute Gasteiger partial charge is 0.383 e. The highest BCUT2D eigenvalue weighted by atomic mass is 79.9. The van der Waals surface area contributed by atoms with Crippen molar-refractivity contribution in [3.8, 4) is 5.75 Å². The first-order valence-corrected chi connectivity index (χ1v) is 5.39. The molecule has 1 rings (SSSR count). The maximum atomic E-state index is 12.7. The molecular formula is C10H8BrF4NO2. The van der Waals surface area contributed by atoms with Crippen molar-refractivity contribution in [2.45, 2.75) is 12.3 Å². The molecule has 0 atom stereocenters. The van der Waals surface area contributed by atoms with Crippen molar-refractivity contribution in [1.29, 1.82) is 0 Å². The van der Waals surface area contributed by atoms with E-state index in [1.54, 1.807) is 5.32 Å². The highest BCUT2D eigenvalue weighted by Crippen LogP contribution is 2.30. The molecule has 18 heavy (non-hydrogen) atoms. The number of anilines is 1. The molecule has 100 valence electrons. The van der Waals surface area contributed by atoms with Gasteiger partial charge in [0.1, 0.15) is 5.75 Å². The van der Waals surface area contributed by atoms with E-state index in [1.807, 2.05) is 0 Å². The molecule has 1 amide bonds. The molecule has 0 aliphatic rings. The Balaban J connectivity index is 2.94.